The van der Waals surface area contributed by atoms with Crippen LogP contribution in [0.15, 0.2) is 66.7 Å². The van der Waals surface area contributed by atoms with Gasteiger partial charge in [0.15, 0.2) is 6.61 Å². The average Bonchev–Trinajstić information content (AvgIpc) is 2.92. The van der Waals surface area contributed by atoms with E-state index < -0.39 is 0 Å². The van der Waals surface area contributed by atoms with Crippen LogP contribution in [-0.4, -0.2) is 63.7 Å². The quantitative estimate of drug-likeness (QED) is 0.515. The molecule has 0 spiro atoms. The lowest BCUT2D eigenvalue weighted by Crippen LogP contribution is -2.48. The van der Waals surface area contributed by atoms with Gasteiger partial charge in [-0.15, -0.1) is 0 Å². The summed E-state index contributed by atoms with van der Waals surface area (Å²) in [7, 11) is 3.13. The maximum absolute atomic E-state index is 13.0. The molecule has 1 fully saturated rings. The van der Waals surface area contributed by atoms with E-state index in [4.69, 9.17) is 14.2 Å². The first-order valence-corrected chi connectivity index (χ1v) is 11.8. The molecular weight excluding hydrogens is 458 g/mol. The molecule has 8 nitrogen and oxygen atoms in total. The second-order valence-corrected chi connectivity index (χ2v) is 8.58. The lowest BCUT2D eigenvalue weighted by atomic mass is 10.1. The Morgan fingerprint density at radius 2 is 1.42 bits per heavy atom. The van der Waals surface area contributed by atoms with Crippen molar-refractivity contribution >= 4 is 23.2 Å². The van der Waals surface area contributed by atoms with Gasteiger partial charge in [0.2, 0.25) is 0 Å². The average molecular weight is 490 g/mol. The fraction of sp³-hybridized carbons (Fsp3) is 0.286. The number of anilines is 2. The minimum absolute atomic E-state index is 0.0437. The van der Waals surface area contributed by atoms with Crippen LogP contribution in [0, 0.1) is 6.92 Å². The molecule has 1 heterocycles. The van der Waals surface area contributed by atoms with Crippen LogP contribution in [0.1, 0.15) is 15.9 Å². The van der Waals surface area contributed by atoms with E-state index in [1.54, 1.807) is 32.4 Å². The molecule has 1 aliphatic rings. The SMILES string of the molecule is COc1cc(OC)cc(C(=O)N2CCN(c3ccc(NC(=O)COc4ccc(C)cc4)cc3)CC2)c1. The summed E-state index contributed by atoms with van der Waals surface area (Å²) in [5.41, 5.74) is 3.43. The summed E-state index contributed by atoms with van der Waals surface area (Å²) in [6.45, 7) is 4.58. The van der Waals surface area contributed by atoms with Crippen LogP contribution in [0.2, 0.25) is 0 Å². The summed E-state index contributed by atoms with van der Waals surface area (Å²) >= 11 is 0. The molecule has 2 amide bonds. The first-order chi connectivity index (χ1) is 17.4. The van der Waals surface area contributed by atoms with E-state index in [9.17, 15) is 9.59 Å². The van der Waals surface area contributed by atoms with Gasteiger partial charge in [-0.3, -0.25) is 9.59 Å². The van der Waals surface area contributed by atoms with Crippen molar-refractivity contribution in [2.75, 3.05) is 57.2 Å². The number of methoxy groups -OCH3 is 2. The first kappa shape index (κ1) is 24.9. The summed E-state index contributed by atoms with van der Waals surface area (Å²) in [6, 6.07) is 20.5. The van der Waals surface area contributed by atoms with Crippen molar-refractivity contribution in [2.45, 2.75) is 6.92 Å². The van der Waals surface area contributed by atoms with E-state index in [1.165, 1.54) is 0 Å². The van der Waals surface area contributed by atoms with Gasteiger partial charge in [-0.25, -0.2) is 0 Å². The molecule has 0 radical (unpaired) electrons. The fourth-order valence-electron chi connectivity index (χ4n) is 4.02. The Bertz CT molecular complexity index is 1160. The van der Waals surface area contributed by atoms with E-state index in [2.05, 4.69) is 10.2 Å². The molecule has 0 saturated carbocycles. The summed E-state index contributed by atoms with van der Waals surface area (Å²) in [6.07, 6.45) is 0. The third-order valence-electron chi connectivity index (χ3n) is 6.07. The van der Waals surface area contributed by atoms with Crippen LogP contribution in [0.5, 0.6) is 17.2 Å². The molecule has 36 heavy (non-hydrogen) atoms. The second-order valence-electron chi connectivity index (χ2n) is 8.58. The van der Waals surface area contributed by atoms with Gasteiger partial charge in [0, 0.05) is 49.2 Å². The molecule has 0 unspecified atom stereocenters. The standard InChI is InChI=1S/C28H31N3O5/c1-20-4-10-24(11-5-20)36-19-27(32)29-22-6-8-23(9-7-22)30-12-14-31(15-13-30)28(33)21-16-25(34-2)18-26(17-21)35-3/h4-11,16-18H,12-15,19H2,1-3H3,(H,29,32). The topological polar surface area (TPSA) is 80.3 Å². The highest BCUT2D eigenvalue weighted by molar-refractivity contribution is 5.95. The number of benzene rings is 3. The van der Waals surface area contributed by atoms with Crippen molar-refractivity contribution in [2.24, 2.45) is 0 Å². The molecule has 1 aliphatic heterocycles. The van der Waals surface area contributed by atoms with Gasteiger partial charge in [0.05, 0.1) is 14.2 Å². The van der Waals surface area contributed by atoms with Crippen molar-refractivity contribution in [3.63, 3.8) is 0 Å². The van der Waals surface area contributed by atoms with E-state index in [1.807, 2.05) is 60.4 Å². The minimum Gasteiger partial charge on any atom is -0.497 e. The lowest BCUT2D eigenvalue weighted by Gasteiger charge is -2.36. The Balaban J connectivity index is 1.28. The normalized spacial score (nSPS) is 13.2. The predicted molar refractivity (Wildman–Crippen MR) is 139 cm³/mol. The molecule has 3 aromatic rings. The van der Waals surface area contributed by atoms with Gasteiger partial charge < -0.3 is 29.3 Å². The zero-order chi connectivity index (χ0) is 25.5. The molecule has 1 N–H and O–H groups in total. The van der Waals surface area contributed by atoms with E-state index >= 15 is 0 Å². The van der Waals surface area contributed by atoms with E-state index in [0.29, 0.717) is 54.7 Å². The van der Waals surface area contributed by atoms with Crippen LogP contribution >= 0.6 is 0 Å². The van der Waals surface area contributed by atoms with Gasteiger partial charge in [-0.1, -0.05) is 17.7 Å². The van der Waals surface area contributed by atoms with Gasteiger partial charge in [0.1, 0.15) is 17.2 Å². The number of nitrogens with one attached hydrogen (secondary N) is 1. The zero-order valence-corrected chi connectivity index (χ0v) is 20.8. The van der Waals surface area contributed by atoms with Crippen molar-refractivity contribution in [3.05, 3.63) is 77.9 Å². The largest absolute Gasteiger partial charge is 0.497 e. The number of rotatable bonds is 8. The molecule has 1 saturated heterocycles. The molecule has 3 aromatic carbocycles. The Morgan fingerprint density at radius 3 is 2.00 bits per heavy atom. The maximum atomic E-state index is 13.0. The Labute approximate surface area is 211 Å². The Hall–Kier alpha value is -4.20. The summed E-state index contributed by atoms with van der Waals surface area (Å²) in [4.78, 5) is 29.3. The van der Waals surface area contributed by atoms with Gasteiger partial charge >= 0.3 is 0 Å². The minimum atomic E-state index is -0.218. The number of hydrogen-bond acceptors (Lipinski definition) is 6. The molecular formula is C28H31N3O5. The van der Waals surface area contributed by atoms with Crippen molar-refractivity contribution in [3.8, 4) is 17.2 Å². The number of carbonyl (C=O) groups is 2. The van der Waals surface area contributed by atoms with Gasteiger partial charge in [-0.05, 0) is 55.5 Å². The van der Waals surface area contributed by atoms with Crippen LogP contribution in [0.25, 0.3) is 0 Å². The zero-order valence-electron chi connectivity index (χ0n) is 20.8. The summed E-state index contributed by atoms with van der Waals surface area (Å²) in [5.74, 6) is 1.58. The Kier molecular flexibility index (Phi) is 7.95. The van der Waals surface area contributed by atoms with Crippen LogP contribution in [-0.2, 0) is 4.79 Å². The van der Waals surface area contributed by atoms with E-state index in [-0.39, 0.29) is 18.4 Å². The number of nitrogens with zero attached hydrogens (tertiary/aromatic N) is 2. The highest BCUT2D eigenvalue weighted by Crippen LogP contribution is 2.25. The van der Waals surface area contributed by atoms with Crippen LogP contribution in [0.4, 0.5) is 11.4 Å². The molecule has 0 bridgehead atoms. The third-order valence-corrected chi connectivity index (χ3v) is 6.07. The number of piperazine rings is 1. The Morgan fingerprint density at radius 1 is 0.806 bits per heavy atom. The smallest absolute Gasteiger partial charge is 0.262 e. The highest BCUT2D eigenvalue weighted by Gasteiger charge is 2.23. The second kappa shape index (κ2) is 11.5. The highest BCUT2D eigenvalue weighted by atomic mass is 16.5. The van der Waals surface area contributed by atoms with Crippen molar-refractivity contribution < 1.29 is 23.8 Å². The number of amides is 2. The molecule has 0 atom stereocenters. The molecule has 188 valence electrons. The van der Waals surface area contributed by atoms with Gasteiger partial charge in [0.25, 0.3) is 11.8 Å². The number of ether oxygens (including phenoxy) is 3. The predicted octanol–water partition coefficient (Wildman–Crippen LogP) is 3.99. The monoisotopic (exact) mass is 489 g/mol. The molecule has 0 aliphatic carbocycles. The molecule has 0 aromatic heterocycles. The maximum Gasteiger partial charge on any atom is 0.262 e. The van der Waals surface area contributed by atoms with Crippen molar-refractivity contribution in [1.29, 1.82) is 0 Å². The lowest BCUT2D eigenvalue weighted by molar-refractivity contribution is -0.118. The molecule has 4 rings (SSSR count). The van der Waals surface area contributed by atoms with Crippen LogP contribution in [0.3, 0.4) is 0 Å². The number of carbonyl (C=O) groups excluding carboxylic acids is 2. The van der Waals surface area contributed by atoms with Crippen molar-refractivity contribution in [1.82, 2.24) is 4.90 Å². The number of hydrogen-bond donors (Lipinski definition) is 1. The first-order valence-electron chi connectivity index (χ1n) is 11.8. The fourth-order valence-corrected chi connectivity index (χ4v) is 4.02. The third kappa shape index (κ3) is 6.27. The summed E-state index contributed by atoms with van der Waals surface area (Å²) < 4.78 is 16.1. The molecule has 8 heteroatoms. The number of aryl methyl sites for hydroxylation is 1. The van der Waals surface area contributed by atoms with Crippen LogP contribution < -0.4 is 24.4 Å². The van der Waals surface area contributed by atoms with Gasteiger partial charge in [-0.2, -0.15) is 0 Å². The summed E-state index contributed by atoms with van der Waals surface area (Å²) in [5, 5.41) is 2.86. The van der Waals surface area contributed by atoms with E-state index in [0.717, 1.165) is 11.3 Å².